The van der Waals surface area contributed by atoms with Gasteiger partial charge in [-0.1, -0.05) is 0 Å². The minimum absolute atomic E-state index is 0.0316. The maximum absolute atomic E-state index is 13.1. The maximum atomic E-state index is 13.1. The van der Waals surface area contributed by atoms with Gasteiger partial charge in [0.2, 0.25) is 0 Å². The van der Waals surface area contributed by atoms with E-state index in [0.29, 0.717) is 5.82 Å². The lowest BCUT2D eigenvalue weighted by Crippen LogP contribution is -2.37. The summed E-state index contributed by atoms with van der Waals surface area (Å²) in [6, 6.07) is 0.0978. The molecule has 1 fully saturated rings. The van der Waals surface area contributed by atoms with Crippen LogP contribution in [0.25, 0.3) is 0 Å². The average Bonchev–Trinajstić information content (AvgIpc) is 2.81. The number of fused-ring (bicyclic) bond motifs is 1. The Kier molecular flexibility index (Phi) is 3.40. The van der Waals surface area contributed by atoms with Gasteiger partial charge in [0.1, 0.15) is 5.82 Å². The third-order valence-corrected chi connectivity index (χ3v) is 4.16. The number of hydrogen-bond donors (Lipinski definition) is 2. The minimum atomic E-state index is -4.25. The third-order valence-electron chi connectivity index (χ3n) is 4.16. The molecule has 112 valence electrons. The van der Waals surface area contributed by atoms with Crippen LogP contribution in [-0.2, 0) is 0 Å². The van der Waals surface area contributed by atoms with E-state index < -0.39 is 12.2 Å². The lowest BCUT2D eigenvalue weighted by molar-refractivity contribution is -0.173. The Morgan fingerprint density at radius 3 is 2.65 bits per heavy atom. The molecule has 3 rings (SSSR count). The number of nitrogens with one attached hydrogen (secondary N) is 2. The zero-order valence-electron chi connectivity index (χ0n) is 11.4. The van der Waals surface area contributed by atoms with Crippen molar-refractivity contribution in [1.82, 2.24) is 15.1 Å². The number of anilines is 1. The molecule has 2 atom stereocenters. The molecular weight excluding hydrogens is 269 g/mol. The van der Waals surface area contributed by atoms with E-state index in [2.05, 4.69) is 15.7 Å². The van der Waals surface area contributed by atoms with Gasteiger partial charge in [-0.25, -0.2) is 4.68 Å². The second kappa shape index (κ2) is 4.95. The molecule has 0 aliphatic carbocycles. The average molecular weight is 288 g/mol. The summed E-state index contributed by atoms with van der Waals surface area (Å²) < 4.78 is 40.6. The van der Waals surface area contributed by atoms with Crippen molar-refractivity contribution in [2.45, 2.75) is 50.4 Å². The van der Waals surface area contributed by atoms with Crippen molar-refractivity contribution in [3.63, 3.8) is 0 Å². The molecule has 2 aliphatic heterocycles. The van der Waals surface area contributed by atoms with Crippen LogP contribution >= 0.6 is 0 Å². The van der Waals surface area contributed by atoms with Gasteiger partial charge in [-0.3, -0.25) is 0 Å². The summed E-state index contributed by atoms with van der Waals surface area (Å²) in [5, 5.41) is 10.6. The van der Waals surface area contributed by atoms with Gasteiger partial charge in [0.15, 0.2) is 6.04 Å². The fourth-order valence-electron chi connectivity index (χ4n) is 3.09. The van der Waals surface area contributed by atoms with Gasteiger partial charge >= 0.3 is 6.18 Å². The smallest absolute Gasteiger partial charge is 0.368 e. The summed E-state index contributed by atoms with van der Waals surface area (Å²) in [6.07, 6.45) is -2.35. The van der Waals surface area contributed by atoms with Crippen molar-refractivity contribution in [1.29, 1.82) is 0 Å². The minimum Gasteiger partial charge on any atom is -0.368 e. The predicted molar refractivity (Wildman–Crippen MR) is 69.9 cm³/mol. The molecule has 0 spiro atoms. The molecule has 0 saturated carbocycles. The number of hydrogen-bond acceptors (Lipinski definition) is 3. The molecule has 2 N–H and O–H groups in total. The van der Waals surface area contributed by atoms with Crippen molar-refractivity contribution in [2.75, 3.05) is 18.4 Å². The van der Waals surface area contributed by atoms with Crippen LogP contribution in [0.1, 0.15) is 43.8 Å². The van der Waals surface area contributed by atoms with Gasteiger partial charge in [0.05, 0.1) is 5.69 Å². The number of nitrogens with zero attached hydrogens (tertiary/aromatic N) is 2. The summed E-state index contributed by atoms with van der Waals surface area (Å²) >= 11 is 0. The number of halogens is 3. The van der Waals surface area contributed by atoms with E-state index in [1.54, 1.807) is 13.0 Å². The molecule has 0 radical (unpaired) electrons. The first-order chi connectivity index (χ1) is 9.45. The molecule has 1 aromatic heterocycles. The van der Waals surface area contributed by atoms with Gasteiger partial charge < -0.3 is 10.6 Å². The Balaban J connectivity index is 1.91. The van der Waals surface area contributed by atoms with E-state index >= 15 is 0 Å². The molecule has 0 aromatic carbocycles. The molecular formula is C13H19F3N4. The third kappa shape index (κ3) is 2.51. The molecule has 0 bridgehead atoms. The predicted octanol–water partition coefficient (Wildman–Crippen LogP) is 2.66. The van der Waals surface area contributed by atoms with Crippen LogP contribution in [0.3, 0.4) is 0 Å². The first-order valence-corrected chi connectivity index (χ1v) is 7.08. The fourth-order valence-corrected chi connectivity index (χ4v) is 3.09. The SMILES string of the molecule is C[C@H]1C[C@H](C(F)(F)F)n2nc(C3CCNCC3)cc2N1. The van der Waals surface area contributed by atoms with Crippen molar-refractivity contribution in [3.8, 4) is 0 Å². The topological polar surface area (TPSA) is 41.9 Å². The molecule has 4 nitrogen and oxygen atoms in total. The first kappa shape index (κ1) is 13.7. The van der Waals surface area contributed by atoms with Crippen LogP contribution in [0.5, 0.6) is 0 Å². The molecule has 1 saturated heterocycles. The Labute approximate surface area is 115 Å². The summed E-state index contributed by atoms with van der Waals surface area (Å²) in [5.74, 6) is 0.764. The Bertz CT molecular complexity index is 476. The van der Waals surface area contributed by atoms with E-state index in [1.807, 2.05) is 0 Å². The first-order valence-electron chi connectivity index (χ1n) is 7.08. The van der Waals surface area contributed by atoms with E-state index in [4.69, 9.17) is 0 Å². The summed E-state index contributed by atoms with van der Waals surface area (Å²) in [6.45, 7) is 3.58. The Morgan fingerprint density at radius 1 is 1.30 bits per heavy atom. The van der Waals surface area contributed by atoms with E-state index in [1.165, 1.54) is 0 Å². The molecule has 0 amide bonds. The maximum Gasteiger partial charge on any atom is 0.410 e. The van der Waals surface area contributed by atoms with Crippen LogP contribution in [0.15, 0.2) is 6.07 Å². The molecule has 3 heterocycles. The molecule has 1 aromatic rings. The van der Waals surface area contributed by atoms with Gasteiger partial charge in [0.25, 0.3) is 0 Å². The van der Waals surface area contributed by atoms with E-state index in [9.17, 15) is 13.2 Å². The number of piperidine rings is 1. The van der Waals surface area contributed by atoms with E-state index in [-0.39, 0.29) is 18.4 Å². The standard InChI is InChI=1S/C13H19F3N4/c1-8-6-11(13(14,15)16)20-12(18-8)7-10(19-20)9-2-4-17-5-3-9/h7-9,11,17-18H,2-6H2,1H3/t8-,11+/m0/s1. The highest BCUT2D eigenvalue weighted by Crippen LogP contribution is 2.40. The van der Waals surface area contributed by atoms with Gasteiger partial charge in [-0.2, -0.15) is 18.3 Å². The monoisotopic (exact) mass is 288 g/mol. The molecule has 2 aliphatic rings. The second-order valence-electron chi connectivity index (χ2n) is 5.76. The van der Waals surface area contributed by atoms with Crippen molar-refractivity contribution in [2.24, 2.45) is 0 Å². The largest absolute Gasteiger partial charge is 0.410 e. The number of rotatable bonds is 1. The summed E-state index contributed by atoms with van der Waals surface area (Å²) in [7, 11) is 0. The van der Waals surface area contributed by atoms with Gasteiger partial charge in [-0.05, 0) is 39.3 Å². The normalized spacial score (nSPS) is 28.0. The molecule has 20 heavy (non-hydrogen) atoms. The van der Waals surface area contributed by atoms with Crippen LogP contribution in [-0.4, -0.2) is 35.1 Å². The van der Waals surface area contributed by atoms with Gasteiger partial charge in [-0.15, -0.1) is 0 Å². The second-order valence-corrected chi connectivity index (χ2v) is 5.76. The van der Waals surface area contributed by atoms with Crippen LogP contribution in [0, 0.1) is 0 Å². The van der Waals surface area contributed by atoms with Crippen LogP contribution in [0.4, 0.5) is 19.0 Å². The highest BCUT2D eigenvalue weighted by molar-refractivity contribution is 5.41. The number of alkyl halides is 3. The van der Waals surface area contributed by atoms with Crippen molar-refractivity contribution in [3.05, 3.63) is 11.8 Å². The zero-order valence-corrected chi connectivity index (χ0v) is 11.4. The van der Waals surface area contributed by atoms with Crippen molar-refractivity contribution >= 4 is 5.82 Å². The summed E-state index contributed by atoms with van der Waals surface area (Å²) in [4.78, 5) is 0. The zero-order chi connectivity index (χ0) is 14.3. The quantitative estimate of drug-likeness (QED) is 0.835. The van der Waals surface area contributed by atoms with Crippen molar-refractivity contribution < 1.29 is 13.2 Å². The number of aromatic nitrogens is 2. The van der Waals surface area contributed by atoms with Gasteiger partial charge in [0, 0.05) is 18.0 Å². The highest BCUT2D eigenvalue weighted by Gasteiger charge is 2.45. The van der Waals surface area contributed by atoms with E-state index in [0.717, 1.165) is 36.3 Å². The highest BCUT2D eigenvalue weighted by atomic mass is 19.4. The lowest BCUT2D eigenvalue weighted by atomic mass is 9.95. The summed E-state index contributed by atoms with van der Waals surface area (Å²) in [5.41, 5.74) is 0.789. The molecule has 0 unspecified atom stereocenters. The van der Waals surface area contributed by atoms with Crippen LogP contribution < -0.4 is 10.6 Å². The Morgan fingerprint density at radius 2 is 2.00 bits per heavy atom. The molecule has 7 heteroatoms. The van der Waals surface area contributed by atoms with Crippen LogP contribution in [0.2, 0.25) is 0 Å². The fraction of sp³-hybridized carbons (Fsp3) is 0.769. The lowest BCUT2D eigenvalue weighted by Gasteiger charge is -2.31. The Hall–Kier alpha value is -1.24.